The number of ether oxygens (including phenoxy) is 1. The number of rotatable bonds is 11. The van der Waals surface area contributed by atoms with Gasteiger partial charge in [-0.15, -0.1) is 12.4 Å². The van der Waals surface area contributed by atoms with Crippen LogP contribution in [-0.4, -0.2) is 62.7 Å². The molecular formula is C30H45ClN4O4S. The van der Waals surface area contributed by atoms with Crippen LogP contribution in [0.4, 0.5) is 10.5 Å². The summed E-state index contributed by atoms with van der Waals surface area (Å²) >= 11 is 0. The monoisotopic (exact) mass is 592 g/mol. The van der Waals surface area contributed by atoms with Crippen LogP contribution in [0.1, 0.15) is 63.9 Å². The molecule has 2 aliphatic rings. The van der Waals surface area contributed by atoms with E-state index in [1.165, 1.54) is 37.7 Å². The van der Waals surface area contributed by atoms with Gasteiger partial charge in [0.15, 0.2) is 0 Å². The number of sulfonamides is 1. The number of benzene rings is 2. The van der Waals surface area contributed by atoms with E-state index in [1.807, 2.05) is 17.0 Å². The fourth-order valence-electron chi connectivity index (χ4n) is 5.78. The zero-order valence-electron chi connectivity index (χ0n) is 23.8. The van der Waals surface area contributed by atoms with Gasteiger partial charge in [-0.05, 0) is 74.1 Å². The molecule has 1 saturated carbocycles. The number of nitrogens with zero attached hydrogens (tertiary/aromatic N) is 2. The average Bonchev–Trinajstić information content (AvgIpc) is 2.92. The minimum atomic E-state index is -3.30. The first-order chi connectivity index (χ1) is 18.8. The lowest BCUT2D eigenvalue weighted by atomic mass is 9.87. The van der Waals surface area contributed by atoms with Crippen LogP contribution < -0.4 is 14.8 Å². The number of nitrogens with one attached hydrogen (secondary N) is 2. The number of likely N-dealkylation sites (tertiary alicyclic amines) is 1. The van der Waals surface area contributed by atoms with E-state index < -0.39 is 10.0 Å². The van der Waals surface area contributed by atoms with Crippen molar-refractivity contribution in [2.45, 2.75) is 70.9 Å². The first-order valence-electron chi connectivity index (χ1n) is 14.4. The van der Waals surface area contributed by atoms with E-state index in [1.54, 1.807) is 24.3 Å². The molecule has 2 aromatic rings. The second kappa shape index (κ2) is 15.5. The van der Waals surface area contributed by atoms with Gasteiger partial charge in [0.1, 0.15) is 11.5 Å². The lowest BCUT2D eigenvalue weighted by molar-refractivity contribution is 0.120. The molecule has 222 valence electrons. The Morgan fingerprint density at radius 1 is 0.950 bits per heavy atom. The molecule has 0 radical (unpaired) electrons. The van der Waals surface area contributed by atoms with E-state index in [0.717, 1.165) is 69.9 Å². The summed E-state index contributed by atoms with van der Waals surface area (Å²) < 4.78 is 31.1. The van der Waals surface area contributed by atoms with Crippen LogP contribution in [-0.2, 0) is 16.6 Å². The number of hydrogen-bond acceptors (Lipinski definition) is 5. The van der Waals surface area contributed by atoms with Gasteiger partial charge in [0.2, 0.25) is 10.0 Å². The molecule has 1 aliphatic heterocycles. The molecule has 4 rings (SSSR count). The van der Waals surface area contributed by atoms with Crippen LogP contribution in [0.2, 0.25) is 0 Å². The summed E-state index contributed by atoms with van der Waals surface area (Å²) in [5.41, 5.74) is 1.72. The molecule has 2 N–H and O–H groups in total. The number of hydrogen-bond donors (Lipinski definition) is 2. The molecule has 0 bridgehead atoms. The van der Waals surface area contributed by atoms with Crippen molar-refractivity contribution in [2.75, 3.05) is 37.2 Å². The van der Waals surface area contributed by atoms with Crippen molar-refractivity contribution in [3.05, 3.63) is 54.1 Å². The van der Waals surface area contributed by atoms with E-state index in [9.17, 15) is 13.2 Å². The lowest BCUT2D eigenvalue weighted by Crippen LogP contribution is -2.50. The van der Waals surface area contributed by atoms with E-state index in [0.29, 0.717) is 17.5 Å². The summed E-state index contributed by atoms with van der Waals surface area (Å²) in [6.45, 7) is 6.45. The molecular weight excluding hydrogens is 548 g/mol. The highest BCUT2D eigenvalue weighted by atomic mass is 35.5. The van der Waals surface area contributed by atoms with Gasteiger partial charge in [-0.25, -0.2) is 13.2 Å². The smallest absolute Gasteiger partial charge is 0.317 e. The molecule has 1 aliphatic carbocycles. The van der Waals surface area contributed by atoms with E-state index in [2.05, 4.69) is 34.0 Å². The summed E-state index contributed by atoms with van der Waals surface area (Å²) in [6, 6.07) is 15.3. The molecule has 2 aromatic carbocycles. The van der Waals surface area contributed by atoms with E-state index in [4.69, 9.17) is 4.74 Å². The Balaban J connectivity index is 0.00000441. The van der Waals surface area contributed by atoms with Gasteiger partial charge in [-0.2, -0.15) is 0 Å². The van der Waals surface area contributed by atoms with Crippen molar-refractivity contribution in [2.24, 2.45) is 5.92 Å². The van der Waals surface area contributed by atoms with Crippen LogP contribution in [0.5, 0.6) is 11.5 Å². The molecule has 8 nitrogen and oxygen atoms in total. The molecule has 0 unspecified atom stereocenters. The highest BCUT2D eigenvalue weighted by Crippen LogP contribution is 2.27. The quantitative estimate of drug-likeness (QED) is 0.322. The predicted molar refractivity (Wildman–Crippen MR) is 164 cm³/mol. The third-order valence-electron chi connectivity index (χ3n) is 7.88. The summed E-state index contributed by atoms with van der Waals surface area (Å²) in [5.74, 6) is 2.16. The van der Waals surface area contributed by atoms with Crippen molar-refractivity contribution < 1.29 is 17.9 Å². The van der Waals surface area contributed by atoms with Gasteiger partial charge in [-0.3, -0.25) is 9.62 Å². The fourth-order valence-corrected chi connectivity index (χ4v) is 6.34. The average molecular weight is 593 g/mol. The summed E-state index contributed by atoms with van der Waals surface area (Å²) in [4.78, 5) is 17.4. The Morgan fingerprint density at radius 3 is 2.12 bits per heavy atom. The van der Waals surface area contributed by atoms with Gasteiger partial charge >= 0.3 is 6.03 Å². The first kappa shape index (κ1) is 32.0. The Bertz CT molecular complexity index is 1150. The van der Waals surface area contributed by atoms with Gasteiger partial charge in [0, 0.05) is 44.5 Å². The number of piperidine rings is 1. The second-order valence-electron chi connectivity index (χ2n) is 11.0. The zero-order chi connectivity index (χ0) is 27.7. The SMILES string of the molecule is CCN(C(=O)NCCC1CCCCC1)C1CCN(Cc2ccc(Oc3ccc(NS(C)(=O)=O)cc3)cc2)CC1.Cl. The highest BCUT2D eigenvalue weighted by Gasteiger charge is 2.27. The second-order valence-corrected chi connectivity index (χ2v) is 12.7. The fraction of sp³-hybridized carbons (Fsp3) is 0.567. The third kappa shape index (κ3) is 10.2. The van der Waals surface area contributed by atoms with E-state index in [-0.39, 0.29) is 18.4 Å². The topological polar surface area (TPSA) is 91.0 Å². The lowest BCUT2D eigenvalue weighted by Gasteiger charge is -2.38. The molecule has 0 atom stereocenters. The first-order valence-corrected chi connectivity index (χ1v) is 16.3. The van der Waals surface area contributed by atoms with Crippen molar-refractivity contribution in [1.82, 2.24) is 15.1 Å². The van der Waals surface area contributed by atoms with E-state index >= 15 is 0 Å². The molecule has 1 heterocycles. The highest BCUT2D eigenvalue weighted by molar-refractivity contribution is 7.92. The van der Waals surface area contributed by atoms with Gasteiger partial charge in [0.25, 0.3) is 0 Å². The van der Waals surface area contributed by atoms with Gasteiger partial charge in [0.05, 0.1) is 6.26 Å². The maximum absolute atomic E-state index is 12.9. The Hall–Kier alpha value is -2.49. The summed E-state index contributed by atoms with van der Waals surface area (Å²) in [5, 5.41) is 3.20. The van der Waals surface area contributed by atoms with Gasteiger partial charge < -0.3 is 15.0 Å². The number of carbonyl (C=O) groups excluding carboxylic acids is 1. The predicted octanol–water partition coefficient (Wildman–Crippen LogP) is 6.24. The number of amides is 2. The molecule has 0 spiro atoms. The molecule has 40 heavy (non-hydrogen) atoms. The normalized spacial score (nSPS) is 17.1. The number of halogens is 1. The zero-order valence-corrected chi connectivity index (χ0v) is 25.4. The maximum atomic E-state index is 12.9. The third-order valence-corrected chi connectivity index (χ3v) is 8.48. The van der Waals surface area contributed by atoms with Crippen LogP contribution >= 0.6 is 12.4 Å². The minimum Gasteiger partial charge on any atom is -0.457 e. The van der Waals surface area contributed by atoms with Gasteiger partial charge in [-0.1, -0.05) is 44.2 Å². The largest absolute Gasteiger partial charge is 0.457 e. The summed E-state index contributed by atoms with van der Waals surface area (Å²) in [7, 11) is -3.30. The maximum Gasteiger partial charge on any atom is 0.317 e. The van der Waals surface area contributed by atoms with Crippen molar-refractivity contribution >= 4 is 34.1 Å². The Morgan fingerprint density at radius 2 is 1.55 bits per heavy atom. The summed E-state index contributed by atoms with van der Waals surface area (Å²) in [6.07, 6.45) is 10.9. The standard InChI is InChI=1S/C30H44N4O4S.ClH/c1-3-34(30(35)31-20-17-24-7-5-4-6-8-24)27-18-21-33(22-19-27)23-25-9-13-28(14-10-25)38-29-15-11-26(12-16-29)32-39(2,36)37;/h9-16,24,27,32H,3-8,17-23H2,1-2H3,(H,31,35);1H. The van der Waals surface area contributed by atoms with Crippen LogP contribution in [0.25, 0.3) is 0 Å². The van der Waals surface area contributed by atoms with Crippen molar-refractivity contribution in [3.63, 3.8) is 0 Å². The molecule has 1 saturated heterocycles. The molecule has 0 aromatic heterocycles. The van der Waals surface area contributed by atoms with Crippen molar-refractivity contribution in [1.29, 1.82) is 0 Å². The Labute approximate surface area is 246 Å². The molecule has 10 heteroatoms. The number of anilines is 1. The minimum absolute atomic E-state index is 0. The van der Waals surface area contributed by atoms with Crippen LogP contribution in [0, 0.1) is 5.92 Å². The number of carbonyl (C=O) groups is 1. The van der Waals surface area contributed by atoms with Crippen LogP contribution in [0.15, 0.2) is 48.5 Å². The van der Waals surface area contributed by atoms with Crippen LogP contribution in [0.3, 0.4) is 0 Å². The Kier molecular flexibility index (Phi) is 12.4. The molecule has 2 amide bonds. The number of urea groups is 1. The van der Waals surface area contributed by atoms with Crippen molar-refractivity contribution in [3.8, 4) is 11.5 Å². The molecule has 2 fully saturated rings.